The van der Waals surface area contributed by atoms with Crippen LogP contribution in [0.2, 0.25) is 0 Å². The van der Waals surface area contributed by atoms with E-state index >= 15 is 0 Å². The molecule has 0 spiro atoms. The summed E-state index contributed by atoms with van der Waals surface area (Å²) in [5, 5.41) is 5.53. The maximum Gasteiger partial charge on any atom is 0.274 e. The zero-order chi connectivity index (χ0) is 20.7. The number of hydrogen-bond acceptors (Lipinski definition) is 3. The first-order valence-corrected chi connectivity index (χ1v) is 11.2. The number of likely N-dealkylation sites (tertiary alicyclic amines) is 1. The standard InChI is InChI=1S/C24H30N4O2/c1-17-16-21(25-26(17)2)24(29)27-13-10-19(11-14-27)30-23-9-5-8-22-20(23)12-15-28(22)18-6-3-4-7-18/h5,8-9,12,15-16,18-19H,3-4,6-7,10-11,13-14H2,1-2H3. The fourth-order valence-electron chi connectivity index (χ4n) is 4.95. The van der Waals surface area contributed by atoms with Gasteiger partial charge in [0.05, 0.1) is 5.52 Å². The van der Waals surface area contributed by atoms with Crippen LogP contribution in [0.15, 0.2) is 36.5 Å². The number of hydrogen-bond donors (Lipinski definition) is 0. The largest absolute Gasteiger partial charge is 0.490 e. The molecule has 2 aliphatic rings. The monoisotopic (exact) mass is 406 g/mol. The van der Waals surface area contributed by atoms with Crippen LogP contribution in [0.5, 0.6) is 5.75 Å². The first-order valence-electron chi connectivity index (χ1n) is 11.2. The summed E-state index contributed by atoms with van der Waals surface area (Å²) in [6.07, 6.45) is 9.26. The van der Waals surface area contributed by atoms with E-state index in [1.165, 1.54) is 36.6 Å². The summed E-state index contributed by atoms with van der Waals surface area (Å²) in [5.41, 5.74) is 2.80. The molecule has 1 amide bonds. The van der Waals surface area contributed by atoms with Crippen LogP contribution in [0.1, 0.15) is 60.7 Å². The zero-order valence-electron chi connectivity index (χ0n) is 17.9. The second-order valence-electron chi connectivity index (χ2n) is 8.75. The van der Waals surface area contributed by atoms with Gasteiger partial charge in [0.1, 0.15) is 11.9 Å². The molecule has 1 saturated carbocycles. The van der Waals surface area contributed by atoms with Crippen LogP contribution in [0.4, 0.5) is 0 Å². The highest BCUT2D eigenvalue weighted by molar-refractivity contribution is 5.92. The molecule has 1 saturated heterocycles. The summed E-state index contributed by atoms with van der Waals surface area (Å²) >= 11 is 0. The van der Waals surface area contributed by atoms with Crippen LogP contribution < -0.4 is 4.74 Å². The van der Waals surface area contributed by atoms with Crippen molar-refractivity contribution in [2.24, 2.45) is 7.05 Å². The highest BCUT2D eigenvalue weighted by atomic mass is 16.5. The Kier molecular flexibility index (Phi) is 5.01. The molecule has 3 aromatic rings. The van der Waals surface area contributed by atoms with E-state index < -0.39 is 0 Å². The van der Waals surface area contributed by atoms with E-state index in [4.69, 9.17) is 4.74 Å². The third-order valence-electron chi connectivity index (χ3n) is 6.80. The highest BCUT2D eigenvalue weighted by Gasteiger charge is 2.27. The van der Waals surface area contributed by atoms with Gasteiger partial charge in [-0.3, -0.25) is 9.48 Å². The number of aromatic nitrogens is 3. The number of ether oxygens (including phenoxy) is 1. The normalized spacial score (nSPS) is 18.4. The van der Waals surface area contributed by atoms with Crippen LogP contribution >= 0.6 is 0 Å². The second kappa shape index (κ2) is 7.82. The van der Waals surface area contributed by atoms with E-state index in [0.29, 0.717) is 24.8 Å². The number of fused-ring (bicyclic) bond motifs is 1. The quantitative estimate of drug-likeness (QED) is 0.642. The molecule has 0 radical (unpaired) electrons. The fourth-order valence-corrected chi connectivity index (χ4v) is 4.95. The molecule has 0 atom stereocenters. The smallest absolute Gasteiger partial charge is 0.274 e. The Bertz CT molecular complexity index is 1030. The Morgan fingerprint density at radius 2 is 1.87 bits per heavy atom. The molecule has 0 unspecified atom stereocenters. The number of nitrogens with zero attached hydrogens (tertiary/aromatic N) is 4. The average molecular weight is 407 g/mol. The first-order chi connectivity index (χ1) is 14.6. The molecule has 158 valence electrons. The number of carbonyl (C=O) groups is 1. The van der Waals surface area contributed by atoms with Crippen LogP contribution in [-0.4, -0.2) is 44.3 Å². The predicted molar refractivity (Wildman–Crippen MR) is 117 cm³/mol. The molecule has 0 N–H and O–H groups in total. The lowest BCUT2D eigenvalue weighted by Gasteiger charge is -2.32. The summed E-state index contributed by atoms with van der Waals surface area (Å²) in [6.45, 7) is 3.38. The fraction of sp³-hybridized carbons (Fsp3) is 0.500. The topological polar surface area (TPSA) is 52.3 Å². The van der Waals surface area contributed by atoms with Gasteiger partial charge in [0.2, 0.25) is 0 Å². The summed E-state index contributed by atoms with van der Waals surface area (Å²) in [5.74, 6) is 0.988. The number of aryl methyl sites for hydroxylation is 2. The number of amides is 1. The molecule has 30 heavy (non-hydrogen) atoms. The number of rotatable bonds is 4. The van der Waals surface area contributed by atoms with E-state index in [0.717, 1.165) is 24.3 Å². The van der Waals surface area contributed by atoms with E-state index in [2.05, 4.69) is 40.1 Å². The number of carbonyl (C=O) groups excluding carboxylic acids is 1. The van der Waals surface area contributed by atoms with Gasteiger partial charge < -0.3 is 14.2 Å². The van der Waals surface area contributed by atoms with Gasteiger partial charge in [0.15, 0.2) is 5.69 Å². The lowest BCUT2D eigenvalue weighted by molar-refractivity contribution is 0.0592. The van der Waals surface area contributed by atoms with E-state index in [1.807, 2.05) is 24.9 Å². The molecular formula is C24H30N4O2. The molecule has 3 heterocycles. The van der Waals surface area contributed by atoms with E-state index in [9.17, 15) is 4.79 Å². The van der Waals surface area contributed by atoms with Gasteiger partial charge in [0.25, 0.3) is 5.91 Å². The third kappa shape index (κ3) is 3.48. The molecule has 6 nitrogen and oxygen atoms in total. The van der Waals surface area contributed by atoms with Gasteiger partial charge in [-0.15, -0.1) is 0 Å². The van der Waals surface area contributed by atoms with Gasteiger partial charge in [-0.2, -0.15) is 5.10 Å². The lowest BCUT2D eigenvalue weighted by atomic mass is 10.1. The minimum atomic E-state index is 0.0212. The third-order valence-corrected chi connectivity index (χ3v) is 6.80. The van der Waals surface area contributed by atoms with Crippen LogP contribution in [0.3, 0.4) is 0 Å². The molecule has 2 aromatic heterocycles. The second-order valence-corrected chi connectivity index (χ2v) is 8.75. The van der Waals surface area contributed by atoms with Crippen LogP contribution in [-0.2, 0) is 7.05 Å². The summed E-state index contributed by atoms with van der Waals surface area (Å²) < 4.78 is 10.6. The van der Waals surface area contributed by atoms with Crippen molar-refractivity contribution < 1.29 is 9.53 Å². The number of benzene rings is 1. The Balaban J connectivity index is 1.25. The van der Waals surface area contributed by atoms with Gasteiger partial charge in [-0.25, -0.2) is 0 Å². The first kappa shape index (κ1) is 19.2. The Hall–Kier alpha value is -2.76. The minimum Gasteiger partial charge on any atom is -0.490 e. The Morgan fingerprint density at radius 1 is 1.10 bits per heavy atom. The molecule has 1 aromatic carbocycles. The molecule has 5 rings (SSSR count). The molecule has 6 heteroatoms. The SMILES string of the molecule is Cc1cc(C(=O)N2CCC(Oc3cccc4c3ccn4C3CCCC3)CC2)nn1C. The molecular weight excluding hydrogens is 376 g/mol. The zero-order valence-corrected chi connectivity index (χ0v) is 17.9. The minimum absolute atomic E-state index is 0.0212. The summed E-state index contributed by atoms with van der Waals surface area (Å²) in [7, 11) is 1.87. The van der Waals surface area contributed by atoms with Gasteiger partial charge >= 0.3 is 0 Å². The molecule has 2 fully saturated rings. The van der Waals surface area contributed by atoms with Gasteiger partial charge in [0, 0.05) is 56.3 Å². The van der Waals surface area contributed by atoms with Crippen molar-refractivity contribution >= 4 is 16.8 Å². The molecule has 1 aliphatic carbocycles. The molecule has 1 aliphatic heterocycles. The number of piperidine rings is 1. The lowest BCUT2D eigenvalue weighted by Crippen LogP contribution is -2.42. The Labute approximate surface area is 177 Å². The van der Waals surface area contributed by atoms with Crippen molar-refractivity contribution in [1.29, 1.82) is 0 Å². The van der Waals surface area contributed by atoms with Crippen LogP contribution in [0, 0.1) is 6.92 Å². The van der Waals surface area contributed by atoms with Gasteiger partial charge in [-0.05, 0) is 44.0 Å². The van der Waals surface area contributed by atoms with E-state index in [-0.39, 0.29) is 12.0 Å². The molecule has 0 bridgehead atoms. The maximum absolute atomic E-state index is 12.7. The van der Waals surface area contributed by atoms with Crippen LogP contribution in [0.25, 0.3) is 10.9 Å². The van der Waals surface area contributed by atoms with Crippen molar-refractivity contribution in [1.82, 2.24) is 19.2 Å². The van der Waals surface area contributed by atoms with Crippen molar-refractivity contribution in [2.45, 2.75) is 57.6 Å². The van der Waals surface area contributed by atoms with Crippen molar-refractivity contribution in [3.63, 3.8) is 0 Å². The van der Waals surface area contributed by atoms with Crippen molar-refractivity contribution in [3.05, 3.63) is 47.9 Å². The summed E-state index contributed by atoms with van der Waals surface area (Å²) in [4.78, 5) is 14.6. The van der Waals surface area contributed by atoms with E-state index in [1.54, 1.807) is 4.68 Å². The highest BCUT2D eigenvalue weighted by Crippen LogP contribution is 2.36. The summed E-state index contributed by atoms with van der Waals surface area (Å²) in [6, 6.07) is 11.1. The van der Waals surface area contributed by atoms with Crippen molar-refractivity contribution in [3.8, 4) is 5.75 Å². The maximum atomic E-state index is 12.7. The van der Waals surface area contributed by atoms with Gasteiger partial charge in [-0.1, -0.05) is 18.9 Å². The average Bonchev–Trinajstić information content (AvgIpc) is 3.49. The van der Waals surface area contributed by atoms with Crippen molar-refractivity contribution in [2.75, 3.05) is 13.1 Å². The Morgan fingerprint density at radius 3 is 2.57 bits per heavy atom. The predicted octanol–water partition coefficient (Wildman–Crippen LogP) is 4.48.